The van der Waals surface area contributed by atoms with Crippen LogP contribution < -0.4 is 9.62 Å². The zero-order valence-electron chi connectivity index (χ0n) is 15.7. The molecule has 0 unspecified atom stereocenters. The van der Waals surface area contributed by atoms with E-state index in [0.29, 0.717) is 17.7 Å². The highest BCUT2D eigenvalue weighted by atomic mass is 79.9. The quantitative estimate of drug-likeness (QED) is 0.592. The molecule has 148 valence electrons. The average Bonchev–Trinajstić information content (AvgIpc) is 3.04. The summed E-state index contributed by atoms with van der Waals surface area (Å²) in [6.07, 6.45) is 0.607. The molecule has 0 saturated heterocycles. The lowest BCUT2D eigenvalue weighted by Crippen LogP contribution is -2.35. The number of carbonyl (C=O) groups excluding carboxylic acids is 1. The Morgan fingerprint density at radius 1 is 1.03 bits per heavy atom. The van der Waals surface area contributed by atoms with Gasteiger partial charge in [-0.05, 0) is 73.5 Å². The van der Waals surface area contributed by atoms with Crippen LogP contribution in [0.3, 0.4) is 0 Å². The molecule has 1 atom stereocenters. The molecule has 4 rings (SSSR count). The average molecular weight is 471 g/mol. The number of nitrogens with one attached hydrogen (secondary N) is 1. The van der Waals surface area contributed by atoms with Crippen molar-refractivity contribution in [2.24, 2.45) is 0 Å². The lowest BCUT2D eigenvalue weighted by Gasteiger charge is -2.23. The van der Waals surface area contributed by atoms with E-state index in [1.165, 1.54) is 0 Å². The van der Waals surface area contributed by atoms with E-state index in [-0.39, 0.29) is 16.8 Å². The number of amides is 1. The molecule has 7 heteroatoms. The minimum absolute atomic E-state index is 0.0462. The predicted octanol–water partition coefficient (Wildman–Crippen LogP) is 4.84. The molecular weight excluding hydrogens is 452 g/mol. The zero-order valence-corrected chi connectivity index (χ0v) is 18.1. The lowest BCUT2D eigenvalue weighted by atomic mass is 10.1. The van der Waals surface area contributed by atoms with E-state index in [9.17, 15) is 13.2 Å². The number of hydrogen-bond acceptors (Lipinski definition) is 3. The number of hydrogen-bond donors (Lipinski definition) is 1. The standard InChI is InChI=1S/C22H19BrN2O3S/c1-15-13-17-14-20(29(27,28)24-19-9-7-18(23)8-10-19)11-12-21(17)25(15)22(26)16-5-3-2-4-6-16/h2-12,14-15,24H,13H2,1H3/t15-/m1/s1. The first kappa shape index (κ1) is 19.7. The largest absolute Gasteiger partial charge is 0.305 e. The third kappa shape index (κ3) is 3.93. The highest BCUT2D eigenvalue weighted by Gasteiger charge is 2.32. The summed E-state index contributed by atoms with van der Waals surface area (Å²) in [5.74, 6) is -0.0829. The Bertz CT molecular complexity index is 1160. The summed E-state index contributed by atoms with van der Waals surface area (Å²) in [5.41, 5.74) is 2.71. The van der Waals surface area contributed by atoms with Crippen LogP contribution in [0.5, 0.6) is 0 Å². The Kier molecular flexibility index (Phi) is 5.19. The van der Waals surface area contributed by atoms with Crippen molar-refractivity contribution in [3.63, 3.8) is 0 Å². The first-order valence-electron chi connectivity index (χ1n) is 9.15. The van der Waals surface area contributed by atoms with Crippen molar-refractivity contribution in [2.75, 3.05) is 9.62 Å². The molecule has 1 heterocycles. The first-order valence-corrected chi connectivity index (χ1v) is 11.4. The summed E-state index contributed by atoms with van der Waals surface area (Å²) in [6.45, 7) is 1.97. The molecular formula is C22H19BrN2O3S. The molecule has 3 aromatic rings. The maximum atomic E-state index is 13.0. The molecule has 0 fully saturated rings. The Morgan fingerprint density at radius 2 is 1.72 bits per heavy atom. The van der Waals surface area contributed by atoms with Gasteiger partial charge in [0, 0.05) is 27.5 Å². The van der Waals surface area contributed by atoms with Crippen molar-refractivity contribution < 1.29 is 13.2 Å². The topological polar surface area (TPSA) is 66.5 Å². The number of halogens is 1. The second-order valence-electron chi connectivity index (χ2n) is 7.00. The minimum Gasteiger partial charge on any atom is -0.305 e. The summed E-state index contributed by atoms with van der Waals surface area (Å²) < 4.78 is 29.1. The smallest absolute Gasteiger partial charge is 0.261 e. The van der Waals surface area contributed by atoms with Gasteiger partial charge >= 0.3 is 0 Å². The fourth-order valence-electron chi connectivity index (χ4n) is 3.54. The minimum atomic E-state index is -3.72. The Hall–Kier alpha value is -2.64. The van der Waals surface area contributed by atoms with Crippen LogP contribution in [0.4, 0.5) is 11.4 Å². The molecule has 0 spiro atoms. The van der Waals surface area contributed by atoms with Crippen molar-refractivity contribution in [1.82, 2.24) is 0 Å². The van der Waals surface area contributed by atoms with Crippen LogP contribution in [-0.4, -0.2) is 20.4 Å². The van der Waals surface area contributed by atoms with Crippen LogP contribution in [-0.2, 0) is 16.4 Å². The molecule has 1 N–H and O–H groups in total. The molecule has 0 saturated carbocycles. The maximum absolute atomic E-state index is 13.0. The zero-order chi connectivity index (χ0) is 20.6. The van der Waals surface area contributed by atoms with Crippen LogP contribution in [0, 0.1) is 0 Å². The van der Waals surface area contributed by atoms with Crippen LogP contribution in [0.2, 0.25) is 0 Å². The van der Waals surface area contributed by atoms with Crippen molar-refractivity contribution in [1.29, 1.82) is 0 Å². The monoisotopic (exact) mass is 470 g/mol. The van der Waals surface area contributed by atoms with Crippen molar-refractivity contribution >= 4 is 43.2 Å². The molecule has 5 nitrogen and oxygen atoms in total. The van der Waals surface area contributed by atoms with Gasteiger partial charge in [0.2, 0.25) is 0 Å². The Balaban J connectivity index is 1.63. The van der Waals surface area contributed by atoms with E-state index >= 15 is 0 Å². The van der Waals surface area contributed by atoms with Gasteiger partial charge in [0.1, 0.15) is 0 Å². The fraction of sp³-hybridized carbons (Fsp3) is 0.136. The van der Waals surface area contributed by atoms with E-state index in [0.717, 1.165) is 15.7 Å². The van der Waals surface area contributed by atoms with Crippen LogP contribution in [0.1, 0.15) is 22.8 Å². The summed E-state index contributed by atoms with van der Waals surface area (Å²) >= 11 is 3.33. The van der Waals surface area contributed by atoms with Gasteiger partial charge < -0.3 is 4.90 Å². The summed E-state index contributed by atoms with van der Waals surface area (Å²) in [4.78, 5) is 14.9. The first-order chi connectivity index (χ1) is 13.8. The predicted molar refractivity (Wildman–Crippen MR) is 118 cm³/mol. The van der Waals surface area contributed by atoms with E-state index in [1.807, 2.05) is 25.1 Å². The highest BCUT2D eigenvalue weighted by Crippen LogP contribution is 2.35. The van der Waals surface area contributed by atoms with Gasteiger partial charge in [0.15, 0.2) is 0 Å². The highest BCUT2D eigenvalue weighted by molar-refractivity contribution is 9.10. The maximum Gasteiger partial charge on any atom is 0.261 e. The molecule has 1 amide bonds. The molecule has 1 aliphatic rings. The molecule has 29 heavy (non-hydrogen) atoms. The number of carbonyl (C=O) groups is 1. The summed E-state index contributed by atoms with van der Waals surface area (Å²) in [6, 6.07) is 20.9. The van der Waals surface area contributed by atoms with Gasteiger partial charge in [0.25, 0.3) is 15.9 Å². The Labute approximate surface area is 178 Å². The number of nitrogens with zero attached hydrogens (tertiary/aromatic N) is 1. The number of sulfonamides is 1. The second-order valence-corrected chi connectivity index (χ2v) is 9.60. The van der Waals surface area contributed by atoms with Gasteiger partial charge in [-0.15, -0.1) is 0 Å². The normalized spacial score (nSPS) is 15.8. The van der Waals surface area contributed by atoms with Crippen LogP contribution >= 0.6 is 15.9 Å². The summed E-state index contributed by atoms with van der Waals surface area (Å²) in [7, 11) is -3.72. The Morgan fingerprint density at radius 3 is 2.41 bits per heavy atom. The van der Waals surface area contributed by atoms with E-state index < -0.39 is 10.0 Å². The lowest BCUT2D eigenvalue weighted by molar-refractivity contribution is 0.0981. The fourth-order valence-corrected chi connectivity index (χ4v) is 4.91. The van der Waals surface area contributed by atoms with E-state index in [4.69, 9.17) is 0 Å². The number of rotatable bonds is 4. The number of fused-ring (bicyclic) bond motifs is 1. The van der Waals surface area contributed by atoms with Crippen molar-refractivity contribution in [3.8, 4) is 0 Å². The number of benzene rings is 3. The third-order valence-corrected chi connectivity index (χ3v) is 6.82. The SMILES string of the molecule is C[C@@H]1Cc2cc(S(=O)(=O)Nc3ccc(Br)cc3)ccc2N1C(=O)c1ccccc1. The van der Waals surface area contributed by atoms with Crippen molar-refractivity contribution in [2.45, 2.75) is 24.3 Å². The summed E-state index contributed by atoms with van der Waals surface area (Å²) in [5, 5.41) is 0. The second kappa shape index (κ2) is 7.65. The van der Waals surface area contributed by atoms with Gasteiger partial charge in [-0.25, -0.2) is 8.42 Å². The number of anilines is 2. The van der Waals surface area contributed by atoms with Crippen LogP contribution in [0.25, 0.3) is 0 Å². The van der Waals surface area contributed by atoms with E-state index in [1.54, 1.807) is 59.5 Å². The van der Waals surface area contributed by atoms with Gasteiger partial charge in [-0.1, -0.05) is 34.1 Å². The van der Waals surface area contributed by atoms with Crippen molar-refractivity contribution in [3.05, 3.63) is 88.4 Å². The third-order valence-electron chi connectivity index (χ3n) is 4.91. The van der Waals surface area contributed by atoms with Gasteiger partial charge in [-0.2, -0.15) is 0 Å². The molecule has 0 aromatic heterocycles. The molecule has 0 radical (unpaired) electrons. The van der Waals surface area contributed by atoms with Gasteiger partial charge in [0.05, 0.1) is 4.90 Å². The molecule has 0 aliphatic carbocycles. The van der Waals surface area contributed by atoms with E-state index in [2.05, 4.69) is 20.7 Å². The molecule has 1 aliphatic heterocycles. The molecule has 3 aromatic carbocycles. The van der Waals surface area contributed by atoms with Crippen LogP contribution in [0.15, 0.2) is 82.2 Å². The van der Waals surface area contributed by atoms with Gasteiger partial charge in [-0.3, -0.25) is 9.52 Å². The molecule has 0 bridgehead atoms.